The first-order chi connectivity index (χ1) is 8.09. The third kappa shape index (κ3) is 2.79. The molecule has 1 heterocycles. The number of hydrogen-bond donors (Lipinski definition) is 1. The standard InChI is InChI=1S/C13H16ClFO2/c1-8-7-17-5-4-10(8)13(16)11-3-2-9(14)6-12(11)15/h2-3,6,8,10,13,16H,4-5,7H2,1H3. The Bertz CT molecular complexity index is 397. The first-order valence-electron chi connectivity index (χ1n) is 5.80. The van der Waals surface area contributed by atoms with Crippen LogP contribution in [0, 0.1) is 17.7 Å². The highest BCUT2D eigenvalue weighted by molar-refractivity contribution is 6.30. The van der Waals surface area contributed by atoms with Gasteiger partial charge in [0.25, 0.3) is 0 Å². The van der Waals surface area contributed by atoms with Crippen LogP contribution < -0.4 is 0 Å². The molecule has 1 fully saturated rings. The van der Waals surface area contributed by atoms with Crippen molar-refractivity contribution < 1.29 is 14.2 Å². The van der Waals surface area contributed by atoms with Gasteiger partial charge in [-0.2, -0.15) is 0 Å². The van der Waals surface area contributed by atoms with Crippen molar-refractivity contribution in [2.75, 3.05) is 13.2 Å². The van der Waals surface area contributed by atoms with Crippen LogP contribution in [-0.4, -0.2) is 18.3 Å². The lowest BCUT2D eigenvalue weighted by Gasteiger charge is -2.32. The van der Waals surface area contributed by atoms with E-state index in [1.807, 2.05) is 6.92 Å². The van der Waals surface area contributed by atoms with Gasteiger partial charge in [0, 0.05) is 23.8 Å². The molecule has 0 aliphatic carbocycles. The summed E-state index contributed by atoms with van der Waals surface area (Å²) in [4.78, 5) is 0. The van der Waals surface area contributed by atoms with Crippen LogP contribution in [0.3, 0.4) is 0 Å². The summed E-state index contributed by atoms with van der Waals surface area (Å²) in [5.41, 5.74) is 0.327. The van der Waals surface area contributed by atoms with Crippen LogP contribution in [0.2, 0.25) is 5.02 Å². The smallest absolute Gasteiger partial charge is 0.130 e. The van der Waals surface area contributed by atoms with Gasteiger partial charge >= 0.3 is 0 Å². The van der Waals surface area contributed by atoms with Gasteiger partial charge in [-0.25, -0.2) is 4.39 Å². The lowest BCUT2D eigenvalue weighted by Crippen LogP contribution is -2.30. The molecule has 0 bridgehead atoms. The van der Waals surface area contributed by atoms with Crippen LogP contribution >= 0.6 is 11.6 Å². The summed E-state index contributed by atoms with van der Waals surface area (Å²) in [6.45, 7) is 3.26. The second-order valence-corrected chi connectivity index (χ2v) is 5.05. The highest BCUT2D eigenvalue weighted by Crippen LogP contribution is 2.35. The molecule has 1 aromatic rings. The van der Waals surface area contributed by atoms with Crippen LogP contribution in [0.5, 0.6) is 0 Å². The van der Waals surface area contributed by atoms with Crippen molar-refractivity contribution in [2.24, 2.45) is 11.8 Å². The van der Waals surface area contributed by atoms with Gasteiger partial charge in [-0.1, -0.05) is 24.6 Å². The normalized spacial score (nSPS) is 26.8. The third-order valence-corrected chi connectivity index (χ3v) is 3.63. The molecular formula is C13H16ClFO2. The number of rotatable bonds is 2. The molecule has 0 saturated carbocycles. The maximum Gasteiger partial charge on any atom is 0.130 e. The molecule has 1 aliphatic rings. The number of aliphatic hydroxyl groups excluding tert-OH is 1. The quantitative estimate of drug-likeness (QED) is 0.883. The van der Waals surface area contributed by atoms with Crippen molar-refractivity contribution in [3.05, 3.63) is 34.6 Å². The molecule has 2 nitrogen and oxygen atoms in total. The second-order valence-electron chi connectivity index (χ2n) is 4.62. The molecule has 4 heteroatoms. The van der Waals surface area contributed by atoms with Gasteiger partial charge in [0.05, 0.1) is 6.10 Å². The zero-order valence-electron chi connectivity index (χ0n) is 9.70. The first-order valence-corrected chi connectivity index (χ1v) is 6.18. The minimum Gasteiger partial charge on any atom is -0.388 e. The van der Waals surface area contributed by atoms with Gasteiger partial charge in [-0.05, 0) is 30.4 Å². The van der Waals surface area contributed by atoms with E-state index in [0.717, 1.165) is 6.42 Å². The summed E-state index contributed by atoms with van der Waals surface area (Å²) in [6, 6.07) is 4.40. The lowest BCUT2D eigenvalue weighted by atomic mass is 9.82. The minimum absolute atomic E-state index is 0.0411. The summed E-state index contributed by atoms with van der Waals surface area (Å²) in [6.07, 6.45) is -0.0316. The van der Waals surface area contributed by atoms with E-state index in [4.69, 9.17) is 16.3 Å². The molecule has 3 atom stereocenters. The van der Waals surface area contributed by atoms with E-state index < -0.39 is 11.9 Å². The molecule has 1 saturated heterocycles. The third-order valence-electron chi connectivity index (χ3n) is 3.39. The number of halogens is 2. The van der Waals surface area contributed by atoms with Gasteiger partial charge in [-0.3, -0.25) is 0 Å². The Morgan fingerprint density at radius 1 is 1.53 bits per heavy atom. The fourth-order valence-corrected chi connectivity index (χ4v) is 2.50. The van der Waals surface area contributed by atoms with Gasteiger partial charge in [0.15, 0.2) is 0 Å². The lowest BCUT2D eigenvalue weighted by molar-refractivity contribution is -0.0320. The maximum absolute atomic E-state index is 13.7. The summed E-state index contributed by atoms with van der Waals surface area (Å²) in [5, 5.41) is 10.6. The predicted octanol–water partition coefficient (Wildman–Crippen LogP) is 3.19. The van der Waals surface area contributed by atoms with Gasteiger partial charge < -0.3 is 9.84 Å². The Morgan fingerprint density at radius 2 is 2.29 bits per heavy atom. The largest absolute Gasteiger partial charge is 0.388 e. The number of hydrogen-bond acceptors (Lipinski definition) is 2. The Labute approximate surface area is 105 Å². The molecule has 0 radical (unpaired) electrons. The van der Waals surface area contributed by atoms with E-state index in [9.17, 15) is 9.50 Å². The van der Waals surface area contributed by atoms with E-state index in [-0.39, 0.29) is 11.8 Å². The molecule has 0 aromatic heterocycles. The number of ether oxygens (including phenoxy) is 1. The van der Waals surface area contributed by atoms with Gasteiger partial charge in [0.2, 0.25) is 0 Å². The Hall–Kier alpha value is -0.640. The van der Waals surface area contributed by atoms with Crippen LogP contribution in [0.4, 0.5) is 4.39 Å². The van der Waals surface area contributed by atoms with E-state index in [1.165, 1.54) is 6.07 Å². The number of benzene rings is 1. The van der Waals surface area contributed by atoms with Crippen LogP contribution in [0.25, 0.3) is 0 Å². The minimum atomic E-state index is -0.786. The molecule has 0 spiro atoms. The fraction of sp³-hybridized carbons (Fsp3) is 0.538. The molecule has 1 aliphatic heterocycles. The van der Waals surface area contributed by atoms with Crippen LogP contribution in [0.15, 0.2) is 18.2 Å². The van der Waals surface area contributed by atoms with Crippen LogP contribution in [0.1, 0.15) is 25.0 Å². The molecule has 2 rings (SSSR count). The monoisotopic (exact) mass is 258 g/mol. The average Bonchev–Trinajstić information content (AvgIpc) is 2.29. The zero-order chi connectivity index (χ0) is 12.4. The molecule has 1 aromatic carbocycles. The van der Waals surface area contributed by atoms with Crippen molar-refractivity contribution in [1.82, 2.24) is 0 Å². The van der Waals surface area contributed by atoms with E-state index >= 15 is 0 Å². The van der Waals surface area contributed by atoms with Crippen molar-refractivity contribution in [2.45, 2.75) is 19.4 Å². The summed E-state index contributed by atoms with van der Waals surface area (Å²) in [5.74, 6) is -0.169. The van der Waals surface area contributed by atoms with Gasteiger partial charge in [0.1, 0.15) is 5.82 Å². The van der Waals surface area contributed by atoms with Crippen LogP contribution in [-0.2, 0) is 4.74 Å². The predicted molar refractivity (Wildman–Crippen MR) is 64.5 cm³/mol. The fourth-order valence-electron chi connectivity index (χ4n) is 2.34. The SMILES string of the molecule is CC1COCCC1C(O)c1ccc(Cl)cc1F. The Kier molecular flexibility index (Phi) is 4.02. The van der Waals surface area contributed by atoms with Crippen molar-refractivity contribution in [3.8, 4) is 0 Å². The molecule has 0 amide bonds. The highest BCUT2D eigenvalue weighted by Gasteiger charge is 2.30. The number of aliphatic hydroxyl groups is 1. The molecular weight excluding hydrogens is 243 g/mol. The molecule has 3 unspecified atom stereocenters. The average molecular weight is 259 g/mol. The Balaban J connectivity index is 2.20. The molecule has 94 valence electrons. The second kappa shape index (κ2) is 5.34. The zero-order valence-corrected chi connectivity index (χ0v) is 10.5. The van der Waals surface area contributed by atoms with E-state index in [2.05, 4.69) is 0 Å². The topological polar surface area (TPSA) is 29.5 Å². The molecule has 1 N–H and O–H groups in total. The maximum atomic E-state index is 13.7. The summed E-state index contributed by atoms with van der Waals surface area (Å²) in [7, 11) is 0. The van der Waals surface area contributed by atoms with Crippen molar-refractivity contribution in [3.63, 3.8) is 0 Å². The van der Waals surface area contributed by atoms with Crippen molar-refractivity contribution in [1.29, 1.82) is 0 Å². The Morgan fingerprint density at radius 3 is 2.94 bits per heavy atom. The van der Waals surface area contributed by atoms with Gasteiger partial charge in [-0.15, -0.1) is 0 Å². The first kappa shape index (κ1) is 12.8. The van der Waals surface area contributed by atoms with E-state index in [1.54, 1.807) is 12.1 Å². The van der Waals surface area contributed by atoms with Crippen molar-refractivity contribution >= 4 is 11.6 Å². The highest BCUT2D eigenvalue weighted by atomic mass is 35.5. The molecule has 17 heavy (non-hydrogen) atoms. The van der Waals surface area contributed by atoms with E-state index in [0.29, 0.717) is 23.8 Å². The summed E-state index contributed by atoms with van der Waals surface area (Å²) < 4.78 is 19.0. The summed E-state index contributed by atoms with van der Waals surface area (Å²) >= 11 is 5.69.